The number of hydrogen-bond acceptors (Lipinski definition) is 4. The lowest BCUT2D eigenvalue weighted by molar-refractivity contribution is -0.604. The molecule has 1 aromatic carbocycles. The maximum absolute atomic E-state index is 12.8. The average Bonchev–Trinajstić information content (AvgIpc) is 2.85. The molecule has 0 spiro atoms. The van der Waals surface area contributed by atoms with Crippen LogP contribution in [-0.2, 0) is 10.0 Å². The van der Waals surface area contributed by atoms with E-state index in [0.717, 1.165) is 3.97 Å². The molecule has 0 saturated heterocycles. The highest BCUT2D eigenvalue weighted by molar-refractivity contribution is 7.90. The van der Waals surface area contributed by atoms with Crippen LogP contribution in [0.2, 0.25) is 0 Å². The third-order valence-electron chi connectivity index (χ3n) is 3.46. The molecule has 22 heavy (non-hydrogen) atoms. The molecular weight excluding hydrogens is 304 g/mol. The Bertz CT molecular complexity index is 947. The van der Waals surface area contributed by atoms with Gasteiger partial charge in [0.25, 0.3) is 10.0 Å². The topological polar surface area (TPSA) is 75.2 Å². The van der Waals surface area contributed by atoms with Crippen LogP contribution in [0.15, 0.2) is 53.8 Å². The second-order valence-electron chi connectivity index (χ2n) is 4.87. The zero-order valence-corrected chi connectivity index (χ0v) is 12.9. The van der Waals surface area contributed by atoms with E-state index >= 15 is 0 Å². The van der Waals surface area contributed by atoms with E-state index in [4.69, 9.17) is 4.74 Å². The highest BCUT2D eigenvalue weighted by Gasteiger charge is 2.24. The molecule has 0 atom stereocenters. The summed E-state index contributed by atoms with van der Waals surface area (Å²) < 4.78 is 32.4. The van der Waals surface area contributed by atoms with Crippen molar-refractivity contribution < 1.29 is 17.9 Å². The summed E-state index contributed by atoms with van der Waals surface area (Å²) in [5.74, 6) is 0.340. The number of methoxy groups -OCH3 is 1. The summed E-state index contributed by atoms with van der Waals surface area (Å²) in [7, 11) is -2.34. The molecule has 7 heteroatoms. The van der Waals surface area contributed by atoms with Crippen LogP contribution >= 0.6 is 0 Å². The maximum atomic E-state index is 12.8. The van der Waals surface area contributed by atoms with E-state index in [2.05, 4.69) is 0 Å². The minimum Gasteiger partial charge on any atom is -0.619 e. The van der Waals surface area contributed by atoms with Gasteiger partial charge in [0, 0.05) is 6.20 Å². The first-order chi connectivity index (χ1) is 10.4. The van der Waals surface area contributed by atoms with Crippen molar-refractivity contribution in [1.29, 1.82) is 0 Å². The van der Waals surface area contributed by atoms with Gasteiger partial charge in [0.1, 0.15) is 5.52 Å². The second-order valence-corrected chi connectivity index (χ2v) is 6.69. The molecule has 0 fully saturated rings. The van der Waals surface area contributed by atoms with Crippen LogP contribution in [0.1, 0.15) is 5.56 Å². The first kappa shape index (κ1) is 14.4. The van der Waals surface area contributed by atoms with Crippen LogP contribution in [-0.4, -0.2) is 19.5 Å². The molecule has 0 saturated carbocycles. The van der Waals surface area contributed by atoms with Crippen molar-refractivity contribution in [2.24, 2.45) is 0 Å². The zero-order valence-electron chi connectivity index (χ0n) is 12.1. The molecule has 114 valence electrons. The van der Waals surface area contributed by atoms with Crippen molar-refractivity contribution in [3.8, 4) is 5.75 Å². The Hall–Kier alpha value is -2.54. The number of nitrogens with zero attached hydrogens (tertiary/aromatic N) is 2. The highest BCUT2D eigenvalue weighted by Crippen LogP contribution is 2.30. The van der Waals surface area contributed by atoms with Crippen LogP contribution in [0.5, 0.6) is 5.75 Å². The normalized spacial score (nSPS) is 11.7. The van der Waals surface area contributed by atoms with Gasteiger partial charge in [0.2, 0.25) is 12.4 Å². The van der Waals surface area contributed by atoms with Crippen molar-refractivity contribution in [3.63, 3.8) is 0 Å². The molecule has 3 aromatic rings. The summed E-state index contributed by atoms with van der Waals surface area (Å²) in [6.45, 7) is 1.77. The molecule has 0 bridgehead atoms. The Labute approximate surface area is 127 Å². The predicted octanol–water partition coefficient (Wildman–Crippen LogP) is 1.83. The SMILES string of the molecule is COc1c[n+]([O-])cc2c1c(C)cn2S(=O)(=O)c1ccccc1. The number of aryl methyl sites for hydroxylation is 1. The Kier molecular flexibility index (Phi) is 3.29. The summed E-state index contributed by atoms with van der Waals surface area (Å²) in [5, 5.41) is 12.3. The molecule has 0 N–H and O–H groups in total. The smallest absolute Gasteiger partial charge is 0.268 e. The summed E-state index contributed by atoms with van der Waals surface area (Å²) >= 11 is 0. The van der Waals surface area contributed by atoms with E-state index in [1.54, 1.807) is 25.1 Å². The number of aromatic nitrogens is 2. The monoisotopic (exact) mass is 318 g/mol. The molecule has 0 aliphatic carbocycles. The summed E-state index contributed by atoms with van der Waals surface area (Å²) in [4.78, 5) is 0.159. The number of hydrogen-bond donors (Lipinski definition) is 0. The van der Waals surface area contributed by atoms with Crippen molar-refractivity contribution in [3.05, 3.63) is 59.7 Å². The highest BCUT2D eigenvalue weighted by atomic mass is 32.2. The predicted molar refractivity (Wildman–Crippen MR) is 81.2 cm³/mol. The lowest BCUT2D eigenvalue weighted by atomic mass is 10.2. The van der Waals surface area contributed by atoms with Crippen LogP contribution in [0.4, 0.5) is 0 Å². The molecule has 2 aromatic heterocycles. The van der Waals surface area contributed by atoms with Crippen LogP contribution in [0, 0.1) is 12.1 Å². The first-order valence-corrected chi connectivity index (χ1v) is 7.98. The number of rotatable bonds is 3. The van der Waals surface area contributed by atoms with Gasteiger partial charge in [-0.15, -0.1) is 0 Å². The summed E-state index contributed by atoms with van der Waals surface area (Å²) in [6, 6.07) is 8.08. The molecular formula is C15H14N2O4S. The van der Waals surface area contributed by atoms with E-state index in [-0.39, 0.29) is 10.4 Å². The second kappa shape index (κ2) is 5.03. The van der Waals surface area contributed by atoms with Crippen LogP contribution < -0.4 is 9.47 Å². The fourth-order valence-electron chi connectivity index (χ4n) is 2.46. The van der Waals surface area contributed by atoms with E-state index in [9.17, 15) is 13.6 Å². The fourth-order valence-corrected chi connectivity index (χ4v) is 3.88. The van der Waals surface area contributed by atoms with E-state index in [0.29, 0.717) is 21.4 Å². The Balaban J connectivity index is 2.36. The number of fused-ring (bicyclic) bond motifs is 1. The van der Waals surface area contributed by atoms with Crippen molar-refractivity contribution in [2.45, 2.75) is 11.8 Å². The van der Waals surface area contributed by atoms with E-state index in [1.165, 1.54) is 37.8 Å². The number of benzene rings is 1. The number of pyridine rings is 1. The Morgan fingerprint density at radius 1 is 1.18 bits per heavy atom. The molecule has 0 aliphatic rings. The summed E-state index contributed by atoms with van der Waals surface area (Å²) in [6.07, 6.45) is 4.00. The molecule has 2 heterocycles. The van der Waals surface area contributed by atoms with Gasteiger partial charge in [-0.1, -0.05) is 18.2 Å². The quantitative estimate of drug-likeness (QED) is 0.545. The average molecular weight is 318 g/mol. The van der Waals surface area contributed by atoms with Crippen molar-refractivity contribution >= 4 is 20.9 Å². The summed E-state index contributed by atoms with van der Waals surface area (Å²) in [5.41, 5.74) is 1.00. The molecule has 0 unspecified atom stereocenters. The van der Waals surface area contributed by atoms with Gasteiger partial charge in [-0.05, 0) is 24.6 Å². The van der Waals surface area contributed by atoms with Gasteiger partial charge in [0.15, 0.2) is 5.75 Å². The molecule has 6 nitrogen and oxygen atoms in total. The van der Waals surface area contributed by atoms with Crippen LogP contribution in [0.3, 0.4) is 0 Å². The van der Waals surface area contributed by atoms with Crippen LogP contribution in [0.25, 0.3) is 10.9 Å². The first-order valence-electron chi connectivity index (χ1n) is 6.54. The largest absolute Gasteiger partial charge is 0.619 e. The third kappa shape index (κ3) is 2.10. The Morgan fingerprint density at radius 3 is 2.50 bits per heavy atom. The molecule has 3 rings (SSSR count). The molecule has 0 radical (unpaired) electrons. The lowest BCUT2D eigenvalue weighted by Gasteiger charge is -2.08. The molecule has 0 amide bonds. The Morgan fingerprint density at radius 2 is 1.86 bits per heavy atom. The number of ether oxygens (including phenoxy) is 1. The minimum atomic E-state index is -3.78. The van der Waals surface area contributed by atoms with Crippen molar-refractivity contribution in [2.75, 3.05) is 7.11 Å². The van der Waals surface area contributed by atoms with Gasteiger partial charge in [-0.25, -0.2) is 12.4 Å². The fraction of sp³-hybridized carbons (Fsp3) is 0.133. The van der Waals surface area contributed by atoms with Gasteiger partial charge >= 0.3 is 0 Å². The van der Waals surface area contributed by atoms with Crippen molar-refractivity contribution in [1.82, 2.24) is 3.97 Å². The van der Waals surface area contributed by atoms with Gasteiger partial charge in [-0.2, -0.15) is 4.73 Å². The van der Waals surface area contributed by atoms with E-state index in [1.807, 2.05) is 0 Å². The third-order valence-corrected chi connectivity index (χ3v) is 5.15. The lowest BCUT2D eigenvalue weighted by Crippen LogP contribution is -2.25. The van der Waals surface area contributed by atoms with E-state index < -0.39 is 10.0 Å². The standard InChI is InChI=1S/C15H14N2O4S/c1-11-8-17(22(19,20)12-6-4-3-5-7-12)13-9-16(18)10-14(21-2)15(11)13/h3-10H,1-2H3. The zero-order chi connectivity index (χ0) is 15.9. The van der Waals surface area contributed by atoms with Gasteiger partial charge in [-0.3, -0.25) is 0 Å². The minimum absolute atomic E-state index is 0.159. The molecule has 0 aliphatic heterocycles. The van der Waals surface area contributed by atoms with Gasteiger partial charge < -0.3 is 9.94 Å². The maximum Gasteiger partial charge on any atom is 0.268 e. The van der Waals surface area contributed by atoms with Gasteiger partial charge in [0.05, 0.1) is 17.4 Å².